The van der Waals surface area contributed by atoms with Crippen LogP contribution in [0.2, 0.25) is 0 Å². The van der Waals surface area contributed by atoms with Crippen LogP contribution in [0.1, 0.15) is 25.8 Å². The highest BCUT2D eigenvalue weighted by Gasteiger charge is 2.37. The average molecular weight is 169 g/mol. The molecule has 11 heavy (non-hydrogen) atoms. The second-order valence-corrected chi connectivity index (χ2v) is 3.43. The molecule has 1 aromatic rings. The summed E-state index contributed by atoms with van der Waals surface area (Å²) >= 11 is 5.05. The standard InChI is InChI=1S/C7H11N3S/c1-2-5-3-6(5)10-4-8-9-7(10)11/h4-6H,2-3H2,1H3,(H,9,11). The molecule has 0 aliphatic heterocycles. The van der Waals surface area contributed by atoms with Gasteiger partial charge in [-0.2, -0.15) is 5.10 Å². The average Bonchev–Trinajstić information content (AvgIpc) is 2.68. The normalized spacial score (nSPS) is 28.8. The van der Waals surface area contributed by atoms with Gasteiger partial charge in [0.05, 0.1) is 0 Å². The number of H-pyrrole nitrogens is 1. The van der Waals surface area contributed by atoms with E-state index in [-0.39, 0.29) is 0 Å². The zero-order valence-corrected chi connectivity index (χ0v) is 7.27. The van der Waals surface area contributed by atoms with Crippen LogP contribution in [-0.4, -0.2) is 14.8 Å². The number of rotatable bonds is 2. The summed E-state index contributed by atoms with van der Waals surface area (Å²) in [6.45, 7) is 2.22. The molecule has 1 fully saturated rings. The third-order valence-electron chi connectivity index (χ3n) is 2.34. The van der Waals surface area contributed by atoms with Crippen LogP contribution >= 0.6 is 12.2 Å². The third kappa shape index (κ3) is 1.11. The molecule has 0 spiro atoms. The Hall–Kier alpha value is -0.640. The van der Waals surface area contributed by atoms with Gasteiger partial charge < -0.3 is 4.57 Å². The maximum Gasteiger partial charge on any atom is 0.195 e. The van der Waals surface area contributed by atoms with Crippen LogP contribution in [0.15, 0.2) is 6.33 Å². The minimum Gasteiger partial charge on any atom is -0.303 e. The molecule has 4 heteroatoms. The molecule has 1 saturated carbocycles. The number of aromatic nitrogens is 3. The molecule has 0 bridgehead atoms. The molecule has 0 amide bonds. The van der Waals surface area contributed by atoms with E-state index in [4.69, 9.17) is 12.2 Å². The fourth-order valence-electron chi connectivity index (χ4n) is 1.50. The van der Waals surface area contributed by atoms with E-state index >= 15 is 0 Å². The first-order chi connectivity index (χ1) is 5.33. The molecule has 0 radical (unpaired) electrons. The van der Waals surface area contributed by atoms with Gasteiger partial charge in [0.2, 0.25) is 0 Å². The first-order valence-electron chi connectivity index (χ1n) is 3.94. The maximum absolute atomic E-state index is 5.05. The summed E-state index contributed by atoms with van der Waals surface area (Å²) in [6, 6.07) is 0.631. The monoisotopic (exact) mass is 169 g/mol. The molecule has 1 N–H and O–H groups in total. The van der Waals surface area contributed by atoms with E-state index in [0.29, 0.717) is 6.04 Å². The van der Waals surface area contributed by atoms with E-state index in [0.717, 1.165) is 10.7 Å². The molecule has 2 atom stereocenters. The Morgan fingerprint density at radius 2 is 2.73 bits per heavy atom. The summed E-state index contributed by atoms with van der Waals surface area (Å²) in [6.07, 6.45) is 4.31. The lowest BCUT2D eigenvalue weighted by molar-refractivity contribution is 0.633. The molecule has 0 aromatic carbocycles. The third-order valence-corrected chi connectivity index (χ3v) is 2.65. The Balaban J connectivity index is 2.20. The lowest BCUT2D eigenvalue weighted by Gasteiger charge is -1.96. The van der Waals surface area contributed by atoms with Gasteiger partial charge in [0.25, 0.3) is 0 Å². The van der Waals surface area contributed by atoms with Gasteiger partial charge in [0.15, 0.2) is 4.77 Å². The number of nitrogens with zero attached hydrogens (tertiary/aromatic N) is 2. The second kappa shape index (κ2) is 2.44. The quantitative estimate of drug-likeness (QED) is 0.686. The largest absolute Gasteiger partial charge is 0.303 e. The molecule has 60 valence electrons. The van der Waals surface area contributed by atoms with Gasteiger partial charge in [0, 0.05) is 6.04 Å². The lowest BCUT2D eigenvalue weighted by Crippen LogP contribution is -1.93. The number of nitrogens with one attached hydrogen (secondary N) is 1. The van der Waals surface area contributed by atoms with Crippen LogP contribution in [0.25, 0.3) is 0 Å². The number of hydrogen-bond acceptors (Lipinski definition) is 2. The summed E-state index contributed by atoms with van der Waals surface area (Å²) in [4.78, 5) is 0. The highest BCUT2D eigenvalue weighted by atomic mass is 32.1. The Kier molecular flexibility index (Phi) is 1.56. The highest BCUT2D eigenvalue weighted by molar-refractivity contribution is 7.71. The van der Waals surface area contributed by atoms with E-state index in [1.807, 2.05) is 0 Å². The van der Waals surface area contributed by atoms with Crippen molar-refractivity contribution >= 4 is 12.2 Å². The summed E-state index contributed by atoms with van der Waals surface area (Å²) in [5.41, 5.74) is 0. The van der Waals surface area contributed by atoms with Crippen molar-refractivity contribution in [3.8, 4) is 0 Å². The van der Waals surface area contributed by atoms with Crippen LogP contribution < -0.4 is 0 Å². The maximum atomic E-state index is 5.05. The van der Waals surface area contributed by atoms with Gasteiger partial charge in [-0.15, -0.1) is 0 Å². The van der Waals surface area contributed by atoms with Crippen LogP contribution in [0.5, 0.6) is 0 Å². The molecule has 0 saturated heterocycles. The van der Waals surface area contributed by atoms with Gasteiger partial charge in [-0.05, 0) is 24.6 Å². The Morgan fingerprint density at radius 1 is 1.91 bits per heavy atom. The predicted molar refractivity (Wildman–Crippen MR) is 44.8 cm³/mol. The molecular weight excluding hydrogens is 158 g/mol. The number of aromatic amines is 1. The van der Waals surface area contributed by atoms with E-state index in [1.165, 1.54) is 12.8 Å². The zero-order chi connectivity index (χ0) is 7.84. The van der Waals surface area contributed by atoms with Crippen LogP contribution in [-0.2, 0) is 0 Å². The van der Waals surface area contributed by atoms with E-state index in [2.05, 4.69) is 21.7 Å². The number of hydrogen-bond donors (Lipinski definition) is 1. The van der Waals surface area contributed by atoms with Gasteiger partial charge in [-0.3, -0.25) is 5.10 Å². The highest BCUT2D eigenvalue weighted by Crippen LogP contribution is 2.45. The second-order valence-electron chi connectivity index (χ2n) is 3.04. The van der Waals surface area contributed by atoms with Crippen molar-refractivity contribution < 1.29 is 0 Å². The smallest absolute Gasteiger partial charge is 0.195 e. The van der Waals surface area contributed by atoms with Crippen LogP contribution in [0.4, 0.5) is 0 Å². The Morgan fingerprint density at radius 3 is 3.18 bits per heavy atom. The molecular formula is C7H11N3S. The fourth-order valence-corrected chi connectivity index (χ4v) is 1.74. The molecule has 2 unspecified atom stereocenters. The van der Waals surface area contributed by atoms with Crippen molar-refractivity contribution in [2.24, 2.45) is 5.92 Å². The Labute approximate surface area is 70.4 Å². The van der Waals surface area contributed by atoms with Crippen LogP contribution in [0, 0.1) is 10.7 Å². The van der Waals surface area contributed by atoms with Gasteiger partial charge >= 0.3 is 0 Å². The van der Waals surface area contributed by atoms with Crippen molar-refractivity contribution in [2.45, 2.75) is 25.8 Å². The summed E-state index contributed by atoms with van der Waals surface area (Å²) in [5, 5.41) is 6.65. The van der Waals surface area contributed by atoms with Crippen molar-refractivity contribution in [2.75, 3.05) is 0 Å². The van der Waals surface area contributed by atoms with E-state index in [1.54, 1.807) is 6.33 Å². The first-order valence-corrected chi connectivity index (χ1v) is 4.35. The molecule has 3 nitrogen and oxygen atoms in total. The van der Waals surface area contributed by atoms with Crippen molar-refractivity contribution in [1.82, 2.24) is 14.8 Å². The summed E-state index contributed by atoms with van der Waals surface area (Å²) in [5.74, 6) is 0.833. The van der Waals surface area contributed by atoms with Gasteiger partial charge in [0.1, 0.15) is 6.33 Å². The first kappa shape index (κ1) is 7.03. The van der Waals surface area contributed by atoms with Crippen molar-refractivity contribution in [3.05, 3.63) is 11.1 Å². The van der Waals surface area contributed by atoms with E-state index < -0.39 is 0 Å². The van der Waals surface area contributed by atoms with Crippen molar-refractivity contribution in [3.63, 3.8) is 0 Å². The summed E-state index contributed by atoms with van der Waals surface area (Å²) in [7, 11) is 0. The van der Waals surface area contributed by atoms with Crippen LogP contribution in [0.3, 0.4) is 0 Å². The SMILES string of the molecule is CCC1CC1n1cn[nH]c1=S. The molecule has 1 heterocycles. The predicted octanol–water partition coefficient (Wildman–Crippen LogP) is 1.91. The Bertz CT molecular complexity index is 301. The molecule has 2 rings (SSSR count). The minimum absolute atomic E-state index is 0.631. The topological polar surface area (TPSA) is 33.6 Å². The molecule has 1 aromatic heterocycles. The lowest BCUT2D eigenvalue weighted by atomic mass is 10.3. The van der Waals surface area contributed by atoms with Gasteiger partial charge in [-0.1, -0.05) is 13.3 Å². The molecule has 1 aliphatic rings. The van der Waals surface area contributed by atoms with Gasteiger partial charge in [-0.25, -0.2) is 0 Å². The molecule has 1 aliphatic carbocycles. The fraction of sp³-hybridized carbons (Fsp3) is 0.714. The zero-order valence-electron chi connectivity index (χ0n) is 6.45. The van der Waals surface area contributed by atoms with Crippen molar-refractivity contribution in [1.29, 1.82) is 0 Å². The minimum atomic E-state index is 0.631. The van der Waals surface area contributed by atoms with E-state index in [9.17, 15) is 0 Å². The summed E-state index contributed by atoms with van der Waals surface area (Å²) < 4.78 is 2.81.